The summed E-state index contributed by atoms with van der Waals surface area (Å²) in [5.74, 6) is 1.33. The highest BCUT2D eigenvalue weighted by molar-refractivity contribution is 5.93. The molecule has 34 heavy (non-hydrogen) atoms. The van der Waals surface area contributed by atoms with E-state index in [4.69, 9.17) is 4.74 Å². The zero-order valence-corrected chi connectivity index (χ0v) is 20.1. The van der Waals surface area contributed by atoms with Crippen LogP contribution in [-0.2, 0) is 5.72 Å². The number of rotatable bonds is 5. The lowest BCUT2D eigenvalue weighted by Gasteiger charge is -2.48. The molecule has 0 bridgehead atoms. The Morgan fingerprint density at radius 3 is 2.32 bits per heavy atom. The highest BCUT2D eigenvalue weighted by atomic mass is 35.5. The zero-order chi connectivity index (χ0) is 22.8. The predicted octanol–water partition coefficient (Wildman–Crippen LogP) is 7.08. The Kier molecular flexibility index (Phi) is 7.01. The second-order valence-corrected chi connectivity index (χ2v) is 8.68. The van der Waals surface area contributed by atoms with E-state index in [1.165, 1.54) is 0 Å². The van der Waals surface area contributed by atoms with Gasteiger partial charge in [-0.05, 0) is 77.7 Å². The van der Waals surface area contributed by atoms with Gasteiger partial charge in [-0.15, -0.1) is 12.4 Å². The van der Waals surface area contributed by atoms with E-state index in [9.17, 15) is 10.2 Å². The molecule has 1 saturated heterocycles. The number of benzene rings is 4. The van der Waals surface area contributed by atoms with Crippen LogP contribution >= 0.6 is 12.4 Å². The third-order valence-corrected chi connectivity index (χ3v) is 6.69. The molecule has 5 rings (SSSR count). The molecule has 1 atom stereocenters. The van der Waals surface area contributed by atoms with Crippen LogP contribution in [0, 0.1) is 0 Å². The highest BCUT2D eigenvalue weighted by Crippen LogP contribution is 2.47. The monoisotopic (exact) mass is 475 g/mol. The van der Waals surface area contributed by atoms with Crippen LogP contribution < -0.4 is 4.74 Å². The zero-order valence-electron chi connectivity index (χ0n) is 19.3. The van der Waals surface area contributed by atoms with E-state index in [1.807, 2.05) is 54.6 Å². The first-order valence-corrected chi connectivity index (χ1v) is 11.7. The van der Waals surface area contributed by atoms with Crippen LogP contribution in [-0.4, -0.2) is 28.2 Å². The van der Waals surface area contributed by atoms with E-state index in [0.29, 0.717) is 0 Å². The molecule has 4 aromatic rings. The summed E-state index contributed by atoms with van der Waals surface area (Å²) in [7, 11) is 0. The fourth-order valence-corrected chi connectivity index (χ4v) is 5.17. The number of para-hydroxylation sites is 1. The van der Waals surface area contributed by atoms with Gasteiger partial charge in [0.15, 0.2) is 5.72 Å². The van der Waals surface area contributed by atoms with E-state index >= 15 is 0 Å². The summed E-state index contributed by atoms with van der Waals surface area (Å²) in [5, 5.41) is 22.1. The minimum absolute atomic E-state index is 0. The number of piperidine rings is 1. The molecule has 1 fully saturated rings. The molecule has 1 heterocycles. The topological polar surface area (TPSA) is 52.9 Å². The second kappa shape index (κ2) is 9.96. The van der Waals surface area contributed by atoms with Crippen molar-refractivity contribution in [3.05, 3.63) is 90.5 Å². The number of hydrogen-bond donors (Lipinski definition) is 2. The molecule has 0 aromatic heterocycles. The third kappa shape index (κ3) is 4.31. The van der Waals surface area contributed by atoms with Gasteiger partial charge in [-0.3, -0.25) is 4.90 Å². The van der Waals surface area contributed by atoms with Gasteiger partial charge in [0.1, 0.15) is 17.2 Å². The predicted molar refractivity (Wildman–Crippen MR) is 140 cm³/mol. The minimum Gasteiger partial charge on any atom is -0.508 e. The Hall–Kier alpha value is -3.21. The minimum atomic E-state index is -0.655. The van der Waals surface area contributed by atoms with Gasteiger partial charge in [-0.1, -0.05) is 55.5 Å². The van der Waals surface area contributed by atoms with Crippen molar-refractivity contribution in [2.75, 3.05) is 13.1 Å². The first kappa shape index (κ1) is 23.9. The van der Waals surface area contributed by atoms with Gasteiger partial charge in [0.2, 0.25) is 0 Å². The molecule has 5 heteroatoms. The molecular weight excluding hydrogens is 446 g/mol. The molecule has 4 nitrogen and oxygen atoms in total. The molecule has 0 saturated carbocycles. The van der Waals surface area contributed by atoms with E-state index in [0.717, 1.165) is 65.6 Å². The molecule has 2 N–H and O–H groups in total. The highest BCUT2D eigenvalue weighted by Gasteiger charge is 2.45. The largest absolute Gasteiger partial charge is 0.508 e. The summed E-state index contributed by atoms with van der Waals surface area (Å²) in [4.78, 5) is 2.44. The van der Waals surface area contributed by atoms with Gasteiger partial charge in [0.05, 0.1) is 0 Å². The number of phenolic OH excluding ortho intramolecular Hbond substituents is 2. The maximum absolute atomic E-state index is 10.2. The number of aromatic hydroxyl groups is 2. The normalized spacial score (nSPS) is 18.4. The van der Waals surface area contributed by atoms with Crippen molar-refractivity contribution in [2.24, 2.45) is 0 Å². The van der Waals surface area contributed by atoms with Crippen LogP contribution in [0.2, 0.25) is 0 Å². The number of nitrogens with zero attached hydrogens (tertiary/aromatic N) is 1. The Morgan fingerprint density at radius 2 is 1.59 bits per heavy atom. The van der Waals surface area contributed by atoms with Gasteiger partial charge in [0.25, 0.3) is 0 Å². The first-order valence-electron chi connectivity index (χ1n) is 11.7. The maximum atomic E-state index is 10.2. The summed E-state index contributed by atoms with van der Waals surface area (Å²) in [5.41, 5.74) is 2.55. The summed E-state index contributed by atoms with van der Waals surface area (Å²) in [6.07, 6.45) is 3.06. The molecule has 1 aliphatic heterocycles. The smallest absolute Gasteiger partial charge is 0.190 e. The van der Waals surface area contributed by atoms with Crippen LogP contribution in [0.5, 0.6) is 17.2 Å². The molecule has 0 spiro atoms. The summed E-state index contributed by atoms with van der Waals surface area (Å²) in [6, 6.07) is 27.1. The van der Waals surface area contributed by atoms with Crippen molar-refractivity contribution in [1.29, 1.82) is 0 Å². The van der Waals surface area contributed by atoms with Crippen molar-refractivity contribution in [1.82, 2.24) is 4.90 Å². The summed E-state index contributed by atoms with van der Waals surface area (Å²) in [6.45, 7) is 3.99. The Balaban J connectivity index is 0.00000274. The van der Waals surface area contributed by atoms with Crippen molar-refractivity contribution in [3.8, 4) is 28.4 Å². The third-order valence-electron chi connectivity index (χ3n) is 6.69. The van der Waals surface area contributed by atoms with E-state index in [-0.39, 0.29) is 23.9 Å². The Morgan fingerprint density at radius 1 is 0.853 bits per heavy atom. The molecule has 0 aliphatic carbocycles. The average Bonchev–Trinajstić information content (AvgIpc) is 2.84. The lowest BCUT2D eigenvalue weighted by atomic mass is 9.82. The molecule has 4 aromatic carbocycles. The summed E-state index contributed by atoms with van der Waals surface area (Å²) >= 11 is 0. The number of fused-ring (bicyclic) bond motifs is 1. The van der Waals surface area contributed by atoms with Crippen molar-refractivity contribution >= 4 is 23.2 Å². The summed E-state index contributed by atoms with van der Waals surface area (Å²) < 4.78 is 6.97. The number of ether oxygens (including phenoxy) is 1. The van der Waals surface area contributed by atoms with E-state index < -0.39 is 5.72 Å². The maximum Gasteiger partial charge on any atom is 0.190 e. The number of hydrogen-bond acceptors (Lipinski definition) is 4. The SMILES string of the molecule is CCN1CCCCC1(Oc1ccccc1)c1c(-c2ccc(O)cc2)ccc2cc(O)ccc12.Cl. The number of phenols is 2. The van der Waals surface area contributed by atoms with E-state index in [2.05, 4.69) is 24.0 Å². The molecule has 176 valence electrons. The Bertz CT molecular complexity index is 1260. The molecule has 1 aliphatic rings. The van der Waals surface area contributed by atoms with Crippen molar-refractivity contribution < 1.29 is 14.9 Å². The Labute approximate surface area is 206 Å². The first-order chi connectivity index (χ1) is 16.1. The molecule has 0 radical (unpaired) electrons. The van der Waals surface area contributed by atoms with E-state index in [1.54, 1.807) is 18.2 Å². The average molecular weight is 476 g/mol. The lowest BCUT2D eigenvalue weighted by molar-refractivity contribution is -0.114. The van der Waals surface area contributed by atoms with Gasteiger partial charge < -0.3 is 14.9 Å². The van der Waals surface area contributed by atoms with Crippen LogP contribution in [0.1, 0.15) is 31.7 Å². The van der Waals surface area contributed by atoms with Gasteiger partial charge in [-0.25, -0.2) is 0 Å². The quantitative estimate of drug-likeness (QED) is 0.324. The molecule has 0 amide bonds. The van der Waals surface area contributed by atoms with Crippen LogP contribution in [0.25, 0.3) is 21.9 Å². The standard InChI is InChI=1S/C29H29NO3.ClH/c1-2-30-19-7-6-18-29(30,33-25-8-4-3-5-9-25)28-26(21-10-13-23(31)14-11-21)16-12-22-20-24(32)15-17-27(22)28;/h3-5,8-17,20,31-32H,2,6-7,18-19H2,1H3;1H. The molecular formula is C29H30ClNO3. The van der Waals surface area contributed by atoms with Crippen molar-refractivity contribution in [3.63, 3.8) is 0 Å². The van der Waals surface area contributed by atoms with Crippen LogP contribution in [0.15, 0.2) is 84.9 Å². The van der Waals surface area contributed by atoms with Crippen molar-refractivity contribution in [2.45, 2.75) is 31.9 Å². The second-order valence-electron chi connectivity index (χ2n) is 8.68. The van der Waals surface area contributed by atoms with Gasteiger partial charge in [-0.2, -0.15) is 0 Å². The van der Waals surface area contributed by atoms with Gasteiger partial charge in [0, 0.05) is 18.5 Å². The number of halogens is 1. The van der Waals surface area contributed by atoms with Crippen LogP contribution in [0.4, 0.5) is 0 Å². The molecule has 1 unspecified atom stereocenters. The fourth-order valence-electron chi connectivity index (χ4n) is 5.17. The van der Waals surface area contributed by atoms with Gasteiger partial charge >= 0.3 is 0 Å². The fraction of sp³-hybridized carbons (Fsp3) is 0.241. The van der Waals surface area contributed by atoms with Crippen LogP contribution in [0.3, 0.4) is 0 Å². The lowest BCUT2D eigenvalue weighted by Crippen LogP contribution is -2.53. The number of likely N-dealkylation sites (tertiary alicyclic amines) is 1.